The van der Waals surface area contributed by atoms with E-state index >= 15 is 0 Å². The van der Waals surface area contributed by atoms with E-state index in [-0.39, 0.29) is 12.5 Å². The number of nitrogens with zero attached hydrogens (tertiary/aromatic N) is 3. The number of hydrogen-bond acceptors (Lipinski definition) is 5. The standard InChI is InChI=1S/C12H13ClN4O2/c1-15-11-4-9(10(13)6-16-11)12(18)17-2-3-19-8(5-14)7-17/h4,6,8H,2-3,7H2,1H3,(H,15,16). The van der Waals surface area contributed by atoms with Crippen molar-refractivity contribution in [3.05, 3.63) is 22.8 Å². The Hall–Kier alpha value is -1.84. The molecule has 1 fully saturated rings. The van der Waals surface area contributed by atoms with Gasteiger partial charge in [-0.05, 0) is 6.07 Å². The Morgan fingerprint density at radius 2 is 2.53 bits per heavy atom. The minimum atomic E-state index is -0.581. The van der Waals surface area contributed by atoms with Crippen molar-refractivity contribution in [1.82, 2.24) is 9.88 Å². The summed E-state index contributed by atoms with van der Waals surface area (Å²) in [7, 11) is 1.71. The van der Waals surface area contributed by atoms with E-state index in [1.165, 1.54) is 6.20 Å². The zero-order chi connectivity index (χ0) is 13.8. The highest BCUT2D eigenvalue weighted by Gasteiger charge is 2.26. The maximum atomic E-state index is 12.4. The molecule has 1 saturated heterocycles. The predicted octanol–water partition coefficient (Wildman–Crippen LogP) is 1.14. The van der Waals surface area contributed by atoms with Crippen LogP contribution < -0.4 is 5.32 Å². The number of hydrogen-bond donors (Lipinski definition) is 1. The molecule has 1 unspecified atom stereocenters. The minimum Gasteiger partial charge on any atom is -0.373 e. The molecule has 0 aromatic carbocycles. The summed E-state index contributed by atoms with van der Waals surface area (Å²) >= 11 is 6.00. The second-order valence-corrected chi connectivity index (χ2v) is 4.45. The number of nitriles is 1. The Morgan fingerprint density at radius 3 is 3.21 bits per heavy atom. The maximum absolute atomic E-state index is 12.4. The molecule has 7 heteroatoms. The lowest BCUT2D eigenvalue weighted by molar-refractivity contribution is 0.00347. The van der Waals surface area contributed by atoms with Crippen LogP contribution in [0.5, 0.6) is 0 Å². The Morgan fingerprint density at radius 1 is 1.74 bits per heavy atom. The van der Waals surface area contributed by atoms with Gasteiger partial charge in [0.05, 0.1) is 29.8 Å². The first-order chi connectivity index (χ1) is 9.15. The third-order valence-corrected chi connectivity index (χ3v) is 3.14. The predicted molar refractivity (Wildman–Crippen MR) is 70.1 cm³/mol. The number of amides is 1. The van der Waals surface area contributed by atoms with Crippen molar-refractivity contribution in [2.75, 3.05) is 32.1 Å². The van der Waals surface area contributed by atoms with Gasteiger partial charge in [0.2, 0.25) is 0 Å². The van der Waals surface area contributed by atoms with Crippen LogP contribution in [-0.2, 0) is 4.74 Å². The number of pyridine rings is 1. The van der Waals surface area contributed by atoms with Crippen molar-refractivity contribution < 1.29 is 9.53 Å². The van der Waals surface area contributed by atoms with Gasteiger partial charge in [-0.3, -0.25) is 4.79 Å². The molecule has 6 nitrogen and oxygen atoms in total. The molecule has 1 aromatic rings. The minimum absolute atomic E-state index is 0.215. The molecule has 2 rings (SSSR count). The molecule has 1 aliphatic heterocycles. The smallest absolute Gasteiger partial charge is 0.255 e. The number of carbonyl (C=O) groups excluding carboxylic acids is 1. The van der Waals surface area contributed by atoms with Crippen molar-refractivity contribution in [1.29, 1.82) is 5.26 Å². The maximum Gasteiger partial charge on any atom is 0.255 e. The summed E-state index contributed by atoms with van der Waals surface area (Å²) in [5, 5.41) is 12.0. The molecule has 1 amide bonds. The number of ether oxygens (including phenoxy) is 1. The molecular formula is C12H13ClN4O2. The van der Waals surface area contributed by atoms with Gasteiger partial charge in [0.15, 0.2) is 6.10 Å². The van der Waals surface area contributed by atoms with E-state index in [2.05, 4.69) is 10.3 Å². The summed E-state index contributed by atoms with van der Waals surface area (Å²) < 4.78 is 5.21. The molecule has 1 N–H and O–H groups in total. The number of rotatable bonds is 2. The highest BCUT2D eigenvalue weighted by atomic mass is 35.5. The fraction of sp³-hybridized carbons (Fsp3) is 0.417. The molecule has 1 atom stereocenters. The number of morpholine rings is 1. The molecule has 19 heavy (non-hydrogen) atoms. The van der Waals surface area contributed by atoms with Gasteiger partial charge in [-0.25, -0.2) is 4.98 Å². The molecular weight excluding hydrogens is 268 g/mol. The Balaban J connectivity index is 2.21. The lowest BCUT2D eigenvalue weighted by atomic mass is 10.2. The molecule has 1 aliphatic rings. The lowest BCUT2D eigenvalue weighted by Crippen LogP contribution is -2.45. The highest BCUT2D eigenvalue weighted by molar-refractivity contribution is 6.33. The molecule has 0 aliphatic carbocycles. The van der Waals surface area contributed by atoms with E-state index in [0.717, 1.165) is 0 Å². The summed E-state index contributed by atoms with van der Waals surface area (Å²) in [4.78, 5) is 18.0. The zero-order valence-electron chi connectivity index (χ0n) is 10.4. The fourth-order valence-electron chi connectivity index (χ4n) is 1.82. The van der Waals surface area contributed by atoms with Crippen LogP contribution in [0.3, 0.4) is 0 Å². The molecule has 1 aromatic heterocycles. The average Bonchev–Trinajstić information content (AvgIpc) is 2.47. The second kappa shape index (κ2) is 5.87. The third kappa shape index (κ3) is 2.95. The van der Waals surface area contributed by atoms with Crippen molar-refractivity contribution in [2.45, 2.75) is 6.10 Å². The van der Waals surface area contributed by atoms with Gasteiger partial charge < -0.3 is 15.0 Å². The van der Waals surface area contributed by atoms with Gasteiger partial charge in [-0.2, -0.15) is 5.26 Å². The van der Waals surface area contributed by atoms with Crippen LogP contribution in [-0.4, -0.2) is 48.6 Å². The van der Waals surface area contributed by atoms with Gasteiger partial charge in [-0.1, -0.05) is 11.6 Å². The quantitative estimate of drug-likeness (QED) is 0.879. The summed E-state index contributed by atoms with van der Waals surface area (Å²) in [6.07, 6.45) is 0.852. The SMILES string of the molecule is CNc1cc(C(=O)N2CCOC(C#N)C2)c(Cl)cn1. The fourth-order valence-corrected chi connectivity index (χ4v) is 2.01. The van der Waals surface area contributed by atoms with Gasteiger partial charge in [-0.15, -0.1) is 0 Å². The van der Waals surface area contributed by atoms with Crippen molar-refractivity contribution in [3.63, 3.8) is 0 Å². The molecule has 100 valence electrons. The van der Waals surface area contributed by atoms with Gasteiger partial charge >= 0.3 is 0 Å². The third-order valence-electron chi connectivity index (χ3n) is 2.84. The van der Waals surface area contributed by atoms with Crippen LogP contribution in [0.15, 0.2) is 12.3 Å². The average molecular weight is 281 g/mol. The lowest BCUT2D eigenvalue weighted by Gasteiger charge is -2.30. The van der Waals surface area contributed by atoms with Crippen LogP contribution in [0, 0.1) is 11.3 Å². The van der Waals surface area contributed by atoms with Crippen LogP contribution in [0.25, 0.3) is 0 Å². The van der Waals surface area contributed by atoms with Crippen molar-refractivity contribution >= 4 is 23.3 Å². The van der Waals surface area contributed by atoms with Crippen LogP contribution in [0.2, 0.25) is 5.02 Å². The van der Waals surface area contributed by atoms with E-state index in [1.807, 2.05) is 6.07 Å². The van der Waals surface area contributed by atoms with E-state index in [0.29, 0.717) is 29.6 Å². The van der Waals surface area contributed by atoms with Crippen molar-refractivity contribution in [2.24, 2.45) is 0 Å². The van der Waals surface area contributed by atoms with Gasteiger partial charge in [0.1, 0.15) is 5.82 Å². The van der Waals surface area contributed by atoms with Crippen LogP contribution >= 0.6 is 11.6 Å². The monoisotopic (exact) mass is 280 g/mol. The molecule has 0 radical (unpaired) electrons. The summed E-state index contributed by atoms with van der Waals surface area (Å²) in [6.45, 7) is 1.05. The number of anilines is 1. The Kier molecular flexibility index (Phi) is 4.20. The number of nitrogens with one attached hydrogen (secondary N) is 1. The summed E-state index contributed by atoms with van der Waals surface area (Å²) in [6, 6.07) is 3.60. The zero-order valence-corrected chi connectivity index (χ0v) is 11.1. The summed E-state index contributed by atoms with van der Waals surface area (Å²) in [5.41, 5.74) is 0.375. The largest absolute Gasteiger partial charge is 0.373 e. The van der Waals surface area contributed by atoms with Crippen LogP contribution in [0.1, 0.15) is 10.4 Å². The molecule has 2 heterocycles. The Bertz CT molecular complexity index is 529. The second-order valence-electron chi connectivity index (χ2n) is 4.04. The number of aromatic nitrogens is 1. The van der Waals surface area contributed by atoms with E-state index in [4.69, 9.17) is 21.6 Å². The van der Waals surface area contributed by atoms with Crippen LogP contribution in [0.4, 0.5) is 5.82 Å². The normalized spacial score (nSPS) is 18.8. The van der Waals surface area contributed by atoms with Gasteiger partial charge in [0.25, 0.3) is 5.91 Å². The summed E-state index contributed by atoms with van der Waals surface area (Å²) in [5.74, 6) is 0.352. The van der Waals surface area contributed by atoms with Gasteiger partial charge in [0, 0.05) is 19.8 Å². The van der Waals surface area contributed by atoms with E-state index in [9.17, 15) is 4.79 Å². The first-order valence-electron chi connectivity index (χ1n) is 5.79. The molecule has 0 saturated carbocycles. The van der Waals surface area contributed by atoms with E-state index < -0.39 is 6.10 Å². The topological polar surface area (TPSA) is 78.3 Å². The van der Waals surface area contributed by atoms with Crippen molar-refractivity contribution in [3.8, 4) is 6.07 Å². The first-order valence-corrected chi connectivity index (χ1v) is 6.17. The first kappa shape index (κ1) is 13.6. The molecule has 0 bridgehead atoms. The van der Waals surface area contributed by atoms with E-state index in [1.54, 1.807) is 18.0 Å². The highest BCUT2D eigenvalue weighted by Crippen LogP contribution is 2.20. The number of halogens is 1. The molecule has 0 spiro atoms. The number of carbonyl (C=O) groups is 1. The Labute approximate surface area is 115 Å².